The van der Waals surface area contributed by atoms with E-state index < -0.39 is 0 Å². The summed E-state index contributed by atoms with van der Waals surface area (Å²) in [7, 11) is 0. The smallest absolute Gasteiger partial charge is 0.0162 e. The van der Waals surface area contributed by atoms with Crippen molar-refractivity contribution in [1.82, 2.24) is 0 Å². The van der Waals surface area contributed by atoms with Crippen LogP contribution in [-0.2, 0) is 5.41 Å². The Morgan fingerprint density at radius 3 is 2.16 bits per heavy atom. The molecule has 2 fully saturated rings. The molecule has 1 aromatic carbocycles. The van der Waals surface area contributed by atoms with E-state index in [0.717, 1.165) is 11.8 Å². The molecule has 0 heterocycles. The lowest BCUT2D eigenvalue weighted by atomic mass is 9.73. The van der Waals surface area contributed by atoms with E-state index in [1.54, 1.807) is 5.57 Å². The van der Waals surface area contributed by atoms with Crippen LogP contribution in [0.25, 0.3) is 0 Å². The Bertz CT molecular complexity index is 453. The summed E-state index contributed by atoms with van der Waals surface area (Å²) in [4.78, 5) is 0. The van der Waals surface area contributed by atoms with Crippen molar-refractivity contribution in [2.24, 2.45) is 11.8 Å². The van der Waals surface area contributed by atoms with Crippen LogP contribution in [0.3, 0.4) is 0 Å². The summed E-state index contributed by atoms with van der Waals surface area (Å²) in [6.07, 6.45) is 8.17. The summed E-state index contributed by atoms with van der Waals surface area (Å²) in [6, 6.07) is 9.18. The van der Waals surface area contributed by atoms with E-state index in [2.05, 4.69) is 44.7 Å². The van der Waals surface area contributed by atoms with Crippen LogP contribution >= 0.6 is 0 Å². The van der Waals surface area contributed by atoms with Gasteiger partial charge in [-0.1, -0.05) is 61.7 Å². The maximum absolute atomic E-state index is 4.54. The largest absolute Gasteiger partial charge is 0.0987 e. The van der Waals surface area contributed by atoms with Gasteiger partial charge in [-0.05, 0) is 50.0 Å². The van der Waals surface area contributed by atoms with E-state index in [0.29, 0.717) is 5.41 Å². The van der Waals surface area contributed by atoms with Crippen LogP contribution in [0.15, 0.2) is 36.4 Å². The lowest BCUT2D eigenvalue weighted by molar-refractivity contribution is 0.310. The summed E-state index contributed by atoms with van der Waals surface area (Å²) >= 11 is 0. The Labute approximate surface area is 117 Å². The van der Waals surface area contributed by atoms with Gasteiger partial charge in [0.25, 0.3) is 0 Å². The highest BCUT2D eigenvalue weighted by molar-refractivity contribution is 5.43. The molecule has 0 amide bonds. The number of benzene rings is 1. The summed E-state index contributed by atoms with van der Waals surface area (Å²) in [5, 5.41) is 0. The predicted molar refractivity (Wildman–Crippen MR) is 82.4 cm³/mol. The van der Waals surface area contributed by atoms with Crippen LogP contribution in [0.4, 0.5) is 0 Å². The van der Waals surface area contributed by atoms with E-state index >= 15 is 0 Å². The van der Waals surface area contributed by atoms with E-state index in [1.807, 2.05) is 0 Å². The first-order chi connectivity index (χ1) is 9.12. The Hall–Kier alpha value is -1.04. The molecule has 3 rings (SSSR count). The van der Waals surface area contributed by atoms with E-state index in [1.165, 1.54) is 49.7 Å². The molecular formula is C19H26. The molecule has 2 aliphatic rings. The highest BCUT2D eigenvalue weighted by Gasteiger charge is 2.48. The molecule has 2 saturated carbocycles. The van der Waals surface area contributed by atoms with Crippen LogP contribution in [0.1, 0.15) is 56.6 Å². The first kappa shape index (κ1) is 13.0. The van der Waals surface area contributed by atoms with Crippen LogP contribution in [-0.4, -0.2) is 0 Å². The van der Waals surface area contributed by atoms with Crippen molar-refractivity contribution in [1.29, 1.82) is 0 Å². The lowest BCUT2D eigenvalue weighted by Gasteiger charge is -2.32. The summed E-state index contributed by atoms with van der Waals surface area (Å²) < 4.78 is 0. The number of hydrogen-bond donors (Lipinski definition) is 0. The summed E-state index contributed by atoms with van der Waals surface area (Å²) in [5.74, 6) is 1.71. The molecule has 0 radical (unpaired) electrons. The monoisotopic (exact) mass is 254 g/mol. The first-order valence-corrected chi connectivity index (χ1v) is 7.88. The molecule has 0 N–H and O–H groups in total. The van der Waals surface area contributed by atoms with Crippen LogP contribution in [0.5, 0.6) is 0 Å². The normalized spacial score (nSPS) is 28.9. The summed E-state index contributed by atoms with van der Waals surface area (Å²) in [5.41, 5.74) is 4.76. The highest BCUT2D eigenvalue weighted by atomic mass is 14.5. The number of rotatable bonds is 3. The van der Waals surface area contributed by atoms with Gasteiger partial charge in [-0.25, -0.2) is 0 Å². The molecule has 1 aromatic rings. The topological polar surface area (TPSA) is 0 Å². The number of allylic oxidation sites excluding steroid dienone is 1. The molecule has 0 unspecified atom stereocenters. The van der Waals surface area contributed by atoms with Crippen LogP contribution in [0.2, 0.25) is 0 Å². The first-order valence-electron chi connectivity index (χ1n) is 7.88. The molecule has 0 nitrogen and oxygen atoms in total. The number of hydrogen-bond acceptors (Lipinski definition) is 0. The minimum absolute atomic E-state index is 0.346. The van der Waals surface area contributed by atoms with Crippen LogP contribution in [0, 0.1) is 18.8 Å². The van der Waals surface area contributed by atoms with Crippen molar-refractivity contribution >= 4 is 0 Å². The zero-order chi connectivity index (χ0) is 13.5. The maximum Gasteiger partial charge on any atom is 0.0162 e. The van der Waals surface area contributed by atoms with Crippen molar-refractivity contribution in [2.75, 3.05) is 0 Å². The second-order valence-corrected chi connectivity index (χ2v) is 6.93. The van der Waals surface area contributed by atoms with Gasteiger partial charge in [-0.15, -0.1) is 0 Å². The third-order valence-corrected chi connectivity index (χ3v) is 5.48. The van der Waals surface area contributed by atoms with E-state index in [-0.39, 0.29) is 0 Å². The van der Waals surface area contributed by atoms with Crippen molar-refractivity contribution in [3.63, 3.8) is 0 Å². The van der Waals surface area contributed by atoms with Gasteiger partial charge in [0.05, 0.1) is 0 Å². The fraction of sp³-hybridized carbons (Fsp3) is 0.579. The van der Waals surface area contributed by atoms with Gasteiger partial charge in [0.2, 0.25) is 0 Å². The van der Waals surface area contributed by atoms with Crippen molar-refractivity contribution in [3.05, 3.63) is 47.5 Å². The van der Waals surface area contributed by atoms with E-state index in [9.17, 15) is 0 Å². The minimum atomic E-state index is 0.346. The van der Waals surface area contributed by atoms with Gasteiger partial charge >= 0.3 is 0 Å². The fourth-order valence-electron chi connectivity index (χ4n) is 3.79. The molecule has 0 atom stereocenters. The van der Waals surface area contributed by atoms with Gasteiger partial charge in [0, 0.05) is 5.41 Å². The van der Waals surface area contributed by atoms with Gasteiger partial charge in [0.15, 0.2) is 0 Å². The molecule has 0 aliphatic heterocycles. The molecule has 102 valence electrons. The second kappa shape index (κ2) is 4.81. The second-order valence-electron chi connectivity index (χ2n) is 6.93. The Morgan fingerprint density at radius 2 is 1.63 bits per heavy atom. The zero-order valence-electron chi connectivity index (χ0n) is 12.4. The molecule has 2 aliphatic carbocycles. The Morgan fingerprint density at radius 1 is 1.05 bits per heavy atom. The number of aryl methyl sites for hydroxylation is 1. The van der Waals surface area contributed by atoms with Gasteiger partial charge in [-0.3, -0.25) is 0 Å². The fourth-order valence-corrected chi connectivity index (χ4v) is 3.79. The molecule has 0 saturated heterocycles. The van der Waals surface area contributed by atoms with Gasteiger partial charge < -0.3 is 0 Å². The molecule has 19 heavy (non-hydrogen) atoms. The average molecular weight is 254 g/mol. The predicted octanol–water partition coefficient (Wildman–Crippen LogP) is 5.41. The minimum Gasteiger partial charge on any atom is -0.0987 e. The quantitative estimate of drug-likeness (QED) is 0.633. The molecule has 0 bridgehead atoms. The van der Waals surface area contributed by atoms with Crippen molar-refractivity contribution in [2.45, 2.75) is 57.8 Å². The van der Waals surface area contributed by atoms with Crippen LogP contribution < -0.4 is 0 Å². The Kier molecular flexibility index (Phi) is 3.28. The zero-order valence-corrected chi connectivity index (χ0v) is 12.4. The third-order valence-electron chi connectivity index (χ3n) is 5.48. The molecule has 0 spiro atoms. The highest BCUT2D eigenvalue weighted by Crippen LogP contribution is 2.57. The van der Waals surface area contributed by atoms with Gasteiger partial charge in [-0.2, -0.15) is 0 Å². The maximum atomic E-state index is 4.54. The van der Waals surface area contributed by atoms with Crippen molar-refractivity contribution < 1.29 is 0 Å². The summed E-state index contributed by atoms with van der Waals surface area (Å²) in [6.45, 7) is 9.10. The average Bonchev–Trinajstić information content (AvgIpc) is 3.21. The molecule has 0 heteroatoms. The Balaban J connectivity index is 1.77. The standard InChI is InChI=1S/C19H26/c1-14-4-8-17(9-5-14)16(3)19(12-13-19)18-10-6-15(2)7-11-18/h6-7,10-11,14,17H,3-5,8-9,12-13H2,1-2H3. The van der Waals surface area contributed by atoms with Crippen molar-refractivity contribution in [3.8, 4) is 0 Å². The SMILES string of the molecule is C=C(C1CCC(C)CC1)C1(c2ccc(C)cc2)CC1. The lowest BCUT2D eigenvalue weighted by Crippen LogP contribution is -2.21. The molecular weight excluding hydrogens is 228 g/mol. The third kappa shape index (κ3) is 2.38. The van der Waals surface area contributed by atoms with E-state index in [4.69, 9.17) is 0 Å². The van der Waals surface area contributed by atoms with Gasteiger partial charge in [0.1, 0.15) is 0 Å². The molecule has 0 aromatic heterocycles.